The summed E-state index contributed by atoms with van der Waals surface area (Å²) in [5.74, 6) is 0.0950. The smallest absolute Gasteiger partial charge is 0.241 e. The summed E-state index contributed by atoms with van der Waals surface area (Å²) in [5, 5.41) is 6.24. The van der Waals surface area contributed by atoms with Gasteiger partial charge in [-0.3, -0.25) is 9.69 Å². The molecule has 4 nitrogen and oxygen atoms in total. The third-order valence-electron chi connectivity index (χ3n) is 4.32. The lowest BCUT2D eigenvalue weighted by Crippen LogP contribution is -2.50. The molecule has 2 N–H and O–H groups in total. The van der Waals surface area contributed by atoms with Gasteiger partial charge < -0.3 is 10.6 Å². The van der Waals surface area contributed by atoms with E-state index in [0.29, 0.717) is 6.04 Å². The van der Waals surface area contributed by atoms with Crippen LogP contribution in [0.15, 0.2) is 30.3 Å². The van der Waals surface area contributed by atoms with Crippen molar-refractivity contribution in [2.45, 2.75) is 44.7 Å². The molecule has 2 atom stereocenters. The number of rotatable bonds is 6. The average molecular weight is 289 g/mol. The standard InChI is InChI=1S/C17H27N3O/c1-14(17(21)19-15-8-4-3-5-9-15)20-13-7-6-10-16(20)11-12-18-2/h3-5,8-9,14,16,18H,6-7,10-13H2,1-2H3,(H,19,21). The van der Waals surface area contributed by atoms with Crippen LogP contribution >= 0.6 is 0 Å². The van der Waals surface area contributed by atoms with Gasteiger partial charge in [0.1, 0.15) is 0 Å². The number of hydrogen-bond donors (Lipinski definition) is 2. The van der Waals surface area contributed by atoms with Crippen LogP contribution in [0.5, 0.6) is 0 Å². The highest BCUT2D eigenvalue weighted by Gasteiger charge is 2.29. The van der Waals surface area contributed by atoms with Crippen LogP contribution in [-0.4, -0.2) is 43.0 Å². The zero-order valence-corrected chi connectivity index (χ0v) is 13.1. The fourth-order valence-corrected chi connectivity index (χ4v) is 3.07. The van der Waals surface area contributed by atoms with Crippen molar-refractivity contribution in [1.82, 2.24) is 10.2 Å². The molecule has 116 valence electrons. The molecule has 1 aromatic rings. The molecular formula is C17H27N3O. The number of carbonyl (C=O) groups is 1. The van der Waals surface area contributed by atoms with Crippen LogP contribution in [0.1, 0.15) is 32.6 Å². The molecule has 1 heterocycles. The first kappa shape index (κ1) is 16.0. The second kappa shape index (κ2) is 8.15. The molecule has 1 fully saturated rings. The molecule has 2 rings (SSSR count). The van der Waals surface area contributed by atoms with Crippen molar-refractivity contribution in [2.24, 2.45) is 0 Å². The fourth-order valence-electron chi connectivity index (χ4n) is 3.07. The monoisotopic (exact) mass is 289 g/mol. The Balaban J connectivity index is 1.95. The predicted octanol–water partition coefficient (Wildman–Crippen LogP) is 2.48. The second-order valence-electron chi connectivity index (χ2n) is 5.81. The van der Waals surface area contributed by atoms with Crippen molar-refractivity contribution >= 4 is 11.6 Å². The Morgan fingerprint density at radius 1 is 1.33 bits per heavy atom. The first-order valence-corrected chi connectivity index (χ1v) is 7.98. The molecule has 2 unspecified atom stereocenters. The van der Waals surface area contributed by atoms with Crippen molar-refractivity contribution in [2.75, 3.05) is 25.5 Å². The van der Waals surface area contributed by atoms with Crippen LogP contribution in [0.2, 0.25) is 0 Å². The quantitative estimate of drug-likeness (QED) is 0.845. The summed E-state index contributed by atoms with van der Waals surface area (Å²) in [4.78, 5) is 14.8. The van der Waals surface area contributed by atoms with E-state index in [9.17, 15) is 4.79 Å². The second-order valence-corrected chi connectivity index (χ2v) is 5.81. The van der Waals surface area contributed by atoms with Gasteiger partial charge in [0.25, 0.3) is 0 Å². The van der Waals surface area contributed by atoms with Crippen molar-refractivity contribution in [3.8, 4) is 0 Å². The Morgan fingerprint density at radius 3 is 2.81 bits per heavy atom. The van der Waals surface area contributed by atoms with E-state index in [4.69, 9.17) is 0 Å². The van der Waals surface area contributed by atoms with Gasteiger partial charge in [0.15, 0.2) is 0 Å². The van der Waals surface area contributed by atoms with Crippen LogP contribution in [-0.2, 0) is 4.79 Å². The van der Waals surface area contributed by atoms with E-state index in [-0.39, 0.29) is 11.9 Å². The fraction of sp³-hybridized carbons (Fsp3) is 0.588. The molecule has 0 spiro atoms. The number of likely N-dealkylation sites (tertiary alicyclic amines) is 1. The number of amides is 1. The molecule has 0 radical (unpaired) electrons. The molecule has 0 aliphatic carbocycles. The highest BCUT2D eigenvalue weighted by molar-refractivity contribution is 5.94. The number of benzene rings is 1. The molecule has 1 aromatic carbocycles. The first-order valence-electron chi connectivity index (χ1n) is 7.98. The molecule has 1 aliphatic heterocycles. The number of hydrogen-bond acceptors (Lipinski definition) is 3. The third-order valence-corrected chi connectivity index (χ3v) is 4.32. The van der Waals surface area contributed by atoms with Crippen molar-refractivity contribution in [3.63, 3.8) is 0 Å². The largest absolute Gasteiger partial charge is 0.325 e. The highest BCUT2D eigenvalue weighted by atomic mass is 16.2. The van der Waals surface area contributed by atoms with E-state index in [0.717, 1.165) is 25.2 Å². The van der Waals surface area contributed by atoms with E-state index < -0.39 is 0 Å². The van der Waals surface area contributed by atoms with Crippen LogP contribution in [0.4, 0.5) is 5.69 Å². The van der Waals surface area contributed by atoms with Gasteiger partial charge in [-0.2, -0.15) is 0 Å². The van der Waals surface area contributed by atoms with Gasteiger partial charge in [0, 0.05) is 11.7 Å². The molecule has 1 saturated heterocycles. The lowest BCUT2D eigenvalue weighted by molar-refractivity contribution is -0.122. The predicted molar refractivity (Wildman–Crippen MR) is 87.4 cm³/mol. The maximum absolute atomic E-state index is 12.5. The maximum Gasteiger partial charge on any atom is 0.241 e. The number of anilines is 1. The van der Waals surface area contributed by atoms with Crippen molar-refractivity contribution in [1.29, 1.82) is 0 Å². The summed E-state index contributed by atoms with van der Waals surface area (Å²) < 4.78 is 0. The van der Waals surface area contributed by atoms with Crippen LogP contribution < -0.4 is 10.6 Å². The Bertz CT molecular complexity index is 435. The zero-order valence-electron chi connectivity index (χ0n) is 13.1. The van der Waals surface area contributed by atoms with Gasteiger partial charge in [-0.25, -0.2) is 0 Å². The van der Waals surface area contributed by atoms with E-state index in [1.165, 1.54) is 19.3 Å². The summed E-state index contributed by atoms with van der Waals surface area (Å²) >= 11 is 0. The number of nitrogens with zero attached hydrogens (tertiary/aromatic N) is 1. The van der Waals surface area contributed by atoms with Gasteiger partial charge in [-0.1, -0.05) is 24.6 Å². The molecule has 0 saturated carbocycles. The maximum atomic E-state index is 12.5. The summed E-state index contributed by atoms with van der Waals surface area (Å²) in [6.45, 7) is 4.06. The molecule has 4 heteroatoms. The van der Waals surface area contributed by atoms with Crippen LogP contribution in [0.3, 0.4) is 0 Å². The van der Waals surface area contributed by atoms with Crippen molar-refractivity contribution < 1.29 is 4.79 Å². The number of para-hydroxylation sites is 1. The Hall–Kier alpha value is -1.39. The molecule has 21 heavy (non-hydrogen) atoms. The lowest BCUT2D eigenvalue weighted by atomic mass is 9.97. The first-order chi connectivity index (χ1) is 10.2. The topological polar surface area (TPSA) is 44.4 Å². The summed E-state index contributed by atoms with van der Waals surface area (Å²) in [6, 6.07) is 10.1. The van der Waals surface area contributed by atoms with Crippen molar-refractivity contribution in [3.05, 3.63) is 30.3 Å². The summed E-state index contributed by atoms with van der Waals surface area (Å²) in [5.41, 5.74) is 0.873. The summed E-state index contributed by atoms with van der Waals surface area (Å²) in [6.07, 6.45) is 4.78. The molecule has 1 amide bonds. The van der Waals surface area contributed by atoms with Crippen LogP contribution in [0, 0.1) is 0 Å². The highest BCUT2D eigenvalue weighted by Crippen LogP contribution is 2.22. The minimum Gasteiger partial charge on any atom is -0.325 e. The normalized spacial score (nSPS) is 21.0. The third kappa shape index (κ3) is 4.55. The van der Waals surface area contributed by atoms with E-state index in [1.807, 2.05) is 44.3 Å². The Kier molecular flexibility index (Phi) is 6.21. The number of nitrogens with one attached hydrogen (secondary N) is 2. The van der Waals surface area contributed by atoms with Gasteiger partial charge >= 0.3 is 0 Å². The average Bonchev–Trinajstić information content (AvgIpc) is 2.53. The van der Waals surface area contributed by atoms with Gasteiger partial charge in [0.05, 0.1) is 6.04 Å². The van der Waals surface area contributed by atoms with E-state index in [2.05, 4.69) is 15.5 Å². The Labute approximate surface area is 127 Å². The van der Waals surface area contributed by atoms with E-state index in [1.54, 1.807) is 0 Å². The van der Waals surface area contributed by atoms with Gasteiger partial charge in [-0.15, -0.1) is 0 Å². The zero-order chi connectivity index (χ0) is 15.1. The minimum atomic E-state index is -0.0765. The molecule has 1 aliphatic rings. The van der Waals surface area contributed by atoms with Crippen LogP contribution in [0.25, 0.3) is 0 Å². The van der Waals surface area contributed by atoms with Gasteiger partial charge in [0.2, 0.25) is 5.91 Å². The molecule has 0 bridgehead atoms. The van der Waals surface area contributed by atoms with Gasteiger partial charge in [-0.05, 0) is 58.5 Å². The molecule has 0 aromatic heterocycles. The minimum absolute atomic E-state index is 0.0765. The Morgan fingerprint density at radius 2 is 2.10 bits per heavy atom. The number of carbonyl (C=O) groups excluding carboxylic acids is 1. The SMILES string of the molecule is CNCCC1CCCCN1C(C)C(=O)Nc1ccccc1. The molecular weight excluding hydrogens is 262 g/mol. The lowest BCUT2D eigenvalue weighted by Gasteiger charge is -2.39. The number of piperidine rings is 1. The summed E-state index contributed by atoms with van der Waals surface area (Å²) in [7, 11) is 1.98. The van der Waals surface area contributed by atoms with E-state index >= 15 is 0 Å².